The minimum atomic E-state index is -2.93. The Morgan fingerprint density at radius 2 is 1.49 bits per heavy atom. The van der Waals surface area contributed by atoms with Gasteiger partial charge in [-0.25, -0.2) is 14.3 Å². The van der Waals surface area contributed by atoms with Crippen LogP contribution in [0.5, 0.6) is 0 Å². The maximum atomic E-state index is 13.3. The fourth-order valence-electron chi connectivity index (χ4n) is 2.93. The molecule has 0 spiro atoms. The van der Waals surface area contributed by atoms with Crippen LogP contribution in [0, 0.1) is 29.1 Å². The molecule has 0 aliphatic rings. The smallest absolute Gasteiger partial charge is 0.266 e. The largest absolute Gasteiger partial charge is 0.370 e. The number of rotatable bonds is 8. The molecule has 7 nitrogen and oxygen atoms in total. The summed E-state index contributed by atoms with van der Waals surface area (Å²) < 4.78 is 26.7. The van der Waals surface area contributed by atoms with E-state index < -0.39 is 29.7 Å². The van der Waals surface area contributed by atoms with Crippen LogP contribution in [0.25, 0.3) is 0 Å². The molecule has 1 atom stereocenters. The molecule has 2 aromatic carbocycles. The monoisotopic (exact) mass is 481 g/mol. The lowest BCUT2D eigenvalue weighted by Crippen LogP contribution is -2.56. The third kappa shape index (κ3) is 7.95. The molecular formula is C26H25F2N3O4. The molecular weight excluding hydrogens is 456 g/mol. The van der Waals surface area contributed by atoms with Crippen molar-refractivity contribution in [3.05, 3.63) is 70.8 Å². The van der Waals surface area contributed by atoms with Crippen molar-refractivity contribution in [3.63, 3.8) is 0 Å². The van der Waals surface area contributed by atoms with Crippen LogP contribution < -0.4 is 16.5 Å². The number of halogens is 2. The van der Waals surface area contributed by atoms with Gasteiger partial charge >= 0.3 is 0 Å². The topological polar surface area (TPSA) is 122 Å². The Hall–Kier alpha value is -4.21. The van der Waals surface area contributed by atoms with Gasteiger partial charge in [0.25, 0.3) is 11.8 Å². The summed E-state index contributed by atoms with van der Waals surface area (Å²) in [6.45, 7) is 2.21. The Balaban J connectivity index is 2.04. The molecule has 3 amide bonds. The van der Waals surface area contributed by atoms with Crippen molar-refractivity contribution < 1.29 is 28.4 Å². The van der Waals surface area contributed by atoms with E-state index in [0.29, 0.717) is 12.0 Å². The molecule has 9 heteroatoms. The van der Waals surface area contributed by atoms with E-state index >= 15 is 0 Å². The number of hydrogen-bond acceptors (Lipinski definition) is 4. The van der Waals surface area contributed by atoms with Crippen LogP contribution in [-0.4, -0.2) is 35.4 Å². The SMILES string of the molecule is CC(C)(C(F)F)[C@H](NC(=O)c1ccc(C#CC#Cc2ccc(CCC(N)=O)cc2)cc1)C(=O)NO. The second kappa shape index (κ2) is 12.3. The Morgan fingerprint density at radius 1 is 0.971 bits per heavy atom. The van der Waals surface area contributed by atoms with Gasteiger partial charge in [0, 0.05) is 23.1 Å². The van der Waals surface area contributed by atoms with E-state index in [9.17, 15) is 23.2 Å². The van der Waals surface area contributed by atoms with Crippen LogP contribution in [-0.2, 0) is 16.0 Å². The summed E-state index contributed by atoms with van der Waals surface area (Å²) in [4.78, 5) is 35.2. The van der Waals surface area contributed by atoms with Crippen LogP contribution >= 0.6 is 0 Å². The summed E-state index contributed by atoms with van der Waals surface area (Å²) in [6, 6.07) is 11.7. The highest BCUT2D eigenvalue weighted by Gasteiger charge is 2.43. The first-order valence-corrected chi connectivity index (χ1v) is 10.6. The van der Waals surface area contributed by atoms with Crippen LogP contribution in [0.2, 0.25) is 0 Å². The first-order valence-electron chi connectivity index (χ1n) is 10.6. The van der Waals surface area contributed by atoms with E-state index in [1.165, 1.54) is 17.6 Å². The highest BCUT2D eigenvalue weighted by molar-refractivity contribution is 5.97. The number of hydrogen-bond donors (Lipinski definition) is 4. The number of benzene rings is 2. The third-order valence-corrected chi connectivity index (χ3v) is 5.19. The molecule has 2 rings (SSSR count). The van der Waals surface area contributed by atoms with E-state index in [-0.39, 0.29) is 17.9 Å². The number of nitrogens with one attached hydrogen (secondary N) is 2. The highest BCUT2D eigenvalue weighted by Crippen LogP contribution is 2.29. The number of primary amides is 1. The quantitative estimate of drug-likeness (QED) is 0.263. The Kier molecular flexibility index (Phi) is 9.51. The van der Waals surface area contributed by atoms with Crippen molar-refractivity contribution in [1.29, 1.82) is 0 Å². The molecule has 0 unspecified atom stereocenters. The lowest BCUT2D eigenvalue weighted by atomic mass is 9.84. The molecule has 0 aliphatic carbocycles. The first-order chi connectivity index (χ1) is 16.5. The molecule has 0 saturated carbocycles. The summed E-state index contributed by atoms with van der Waals surface area (Å²) in [5.41, 5.74) is 6.95. The predicted molar refractivity (Wildman–Crippen MR) is 125 cm³/mol. The first kappa shape index (κ1) is 27.0. The van der Waals surface area contributed by atoms with Crippen molar-refractivity contribution in [2.24, 2.45) is 11.1 Å². The molecule has 2 aromatic rings. The van der Waals surface area contributed by atoms with E-state index in [0.717, 1.165) is 25.0 Å². The van der Waals surface area contributed by atoms with Gasteiger partial charge in [0.05, 0.1) is 5.41 Å². The summed E-state index contributed by atoms with van der Waals surface area (Å²) in [7, 11) is 0. The summed E-state index contributed by atoms with van der Waals surface area (Å²) in [6.07, 6.45) is -2.08. The molecule has 35 heavy (non-hydrogen) atoms. The van der Waals surface area contributed by atoms with Crippen LogP contribution in [0.3, 0.4) is 0 Å². The van der Waals surface area contributed by atoms with E-state index in [4.69, 9.17) is 10.9 Å². The normalized spacial score (nSPS) is 11.4. The molecule has 0 fully saturated rings. The van der Waals surface area contributed by atoms with Gasteiger partial charge in [-0.3, -0.25) is 19.6 Å². The summed E-state index contributed by atoms with van der Waals surface area (Å²) in [5, 5.41) is 11.1. The number of alkyl halides is 2. The van der Waals surface area contributed by atoms with E-state index in [1.54, 1.807) is 12.1 Å². The second-order valence-corrected chi connectivity index (χ2v) is 8.25. The average Bonchev–Trinajstić information content (AvgIpc) is 2.84. The van der Waals surface area contributed by atoms with Gasteiger partial charge in [-0.05, 0) is 60.2 Å². The molecule has 182 valence electrons. The minimum Gasteiger partial charge on any atom is -0.370 e. The fourth-order valence-corrected chi connectivity index (χ4v) is 2.93. The summed E-state index contributed by atoms with van der Waals surface area (Å²) in [5.74, 6) is 8.90. The summed E-state index contributed by atoms with van der Waals surface area (Å²) >= 11 is 0. The van der Waals surface area contributed by atoms with Gasteiger partial charge in [0.1, 0.15) is 6.04 Å². The van der Waals surface area contributed by atoms with Crippen LogP contribution in [0.15, 0.2) is 48.5 Å². The van der Waals surface area contributed by atoms with Crippen molar-refractivity contribution in [1.82, 2.24) is 10.8 Å². The number of carbonyl (C=O) groups is 3. The van der Waals surface area contributed by atoms with Gasteiger partial charge in [-0.2, -0.15) is 0 Å². The Morgan fingerprint density at radius 3 is 1.94 bits per heavy atom. The number of aryl methyl sites for hydroxylation is 1. The van der Waals surface area contributed by atoms with Gasteiger partial charge < -0.3 is 11.1 Å². The lowest BCUT2D eigenvalue weighted by molar-refractivity contribution is -0.137. The highest BCUT2D eigenvalue weighted by atomic mass is 19.3. The standard InChI is InChI=1S/C26H25F2N3O4/c1-26(2,25(27)28)22(24(34)31-35)30-23(33)20-14-11-18(12-15-20)6-4-3-5-17-7-9-19(10-8-17)13-16-21(29)32/h7-12,14-15,22,25,35H,13,16H2,1-2H3,(H2,29,32)(H,30,33)(H,31,34)/t22-/m1/s1. The van der Waals surface area contributed by atoms with Gasteiger partial charge in [-0.1, -0.05) is 37.8 Å². The Labute approximate surface area is 202 Å². The number of carbonyl (C=O) groups excluding carboxylic acids is 3. The molecule has 0 saturated heterocycles. The van der Waals surface area contributed by atoms with Crippen LogP contribution in [0.4, 0.5) is 8.78 Å². The number of hydroxylamine groups is 1. The maximum absolute atomic E-state index is 13.3. The zero-order valence-electron chi connectivity index (χ0n) is 19.2. The number of amides is 3. The van der Waals surface area contributed by atoms with Gasteiger partial charge in [0.15, 0.2) is 0 Å². The maximum Gasteiger partial charge on any atom is 0.266 e. The van der Waals surface area contributed by atoms with Crippen molar-refractivity contribution >= 4 is 17.7 Å². The molecule has 0 bridgehead atoms. The van der Waals surface area contributed by atoms with Gasteiger partial charge in [0.2, 0.25) is 12.3 Å². The molecule has 0 aromatic heterocycles. The predicted octanol–water partition coefficient (Wildman–Crippen LogP) is 2.40. The molecule has 5 N–H and O–H groups in total. The zero-order chi connectivity index (χ0) is 26.0. The second-order valence-electron chi connectivity index (χ2n) is 8.25. The van der Waals surface area contributed by atoms with E-state index in [1.807, 2.05) is 24.3 Å². The fraction of sp³-hybridized carbons (Fsp3) is 0.269. The Bertz CT molecular complexity index is 1190. The number of nitrogens with two attached hydrogens (primary N) is 1. The molecule has 0 heterocycles. The van der Waals surface area contributed by atoms with Crippen molar-refractivity contribution in [2.45, 2.75) is 39.2 Å². The minimum absolute atomic E-state index is 0.124. The molecule has 0 aliphatic heterocycles. The average molecular weight is 481 g/mol. The van der Waals surface area contributed by atoms with Crippen molar-refractivity contribution in [3.8, 4) is 23.7 Å². The van der Waals surface area contributed by atoms with Gasteiger partial charge in [-0.15, -0.1) is 0 Å². The lowest BCUT2D eigenvalue weighted by Gasteiger charge is -2.32. The molecule has 0 radical (unpaired) electrons. The van der Waals surface area contributed by atoms with E-state index in [2.05, 4.69) is 29.0 Å². The van der Waals surface area contributed by atoms with Crippen LogP contribution in [0.1, 0.15) is 47.3 Å². The third-order valence-electron chi connectivity index (χ3n) is 5.19. The zero-order valence-corrected chi connectivity index (χ0v) is 19.2. The van der Waals surface area contributed by atoms with Crippen molar-refractivity contribution in [2.75, 3.05) is 0 Å².